The summed E-state index contributed by atoms with van der Waals surface area (Å²) in [6.07, 6.45) is 0. The number of hydrogen-bond donors (Lipinski definition) is 1. The van der Waals surface area contributed by atoms with Gasteiger partial charge in [0.2, 0.25) is 0 Å². The summed E-state index contributed by atoms with van der Waals surface area (Å²) in [4.78, 5) is 2.16. The van der Waals surface area contributed by atoms with Crippen molar-refractivity contribution in [2.75, 3.05) is 30.8 Å². The zero-order valence-electron chi connectivity index (χ0n) is 10.5. The molecule has 0 heterocycles. The Morgan fingerprint density at radius 3 is 2.56 bits per heavy atom. The first-order valence-corrected chi connectivity index (χ1v) is 6.00. The number of likely N-dealkylation sites (N-methyl/N-ethyl adjacent to an activating group) is 1. The Bertz CT molecular complexity index is 485. The normalized spacial score (nSPS) is 10.1. The van der Waals surface area contributed by atoms with Crippen molar-refractivity contribution in [1.29, 1.82) is 0 Å². The van der Waals surface area contributed by atoms with E-state index in [-0.39, 0.29) is 0 Å². The van der Waals surface area contributed by atoms with E-state index in [0.717, 1.165) is 18.0 Å². The number of para-hydroxylation sites is 1. The van der Waals surface area contributed by atoms with Gasteiger partial charge < -0.3 is 15.4 Å². The molecule has 0 saturated carbocycles. The summed E-state index contributed by atoms with van der Waals surface area (Å²) < 4.78 is 5.66. The van der Waals surface area contributed by atoms with Crippen molar-refractivity contribution in [2.45, 2.75) is 0 Å². The Labute approximate surface area is 108 Å². The first-order chi connectivity index (χ1) is 8.75. The first-order valence-electron chi connectivity index (χ1n) is 6.00. The molecule has 0 amide bonds. The predicted octanol–water partition coefficient (Wildman–Crippen LogP) is 2.78. The van der Waals surface area contributed by atoms with Crippen LogP contribution in [0.5, 0.6) is 5.75 Å². The van der Waals surface area contributed by atoms with Gasteiger partial charge in [0.25, 0.3) is 0 Å². The van der Waals surface area contributed by atoms with Crippen molar-refractivity contribution >= 4 is 11.4 Å². The first kappa shape index (κ1) is 12.3. The van der Waals surface area contributed by atoms with Gasteiger partial charge in [-0.05, 0) is 24.3 Å². The number of nitrogens with zero attached hydrogens (tertiary/aromatic N) is 1. The maximum absolute atomic E-state index is 5.69. The lowest BCUT2D eigenvalue weighted by Gasteiger charge is -2.19. The summed E-state index contributed by atoms with van der Waals surface area (Å²) in [5.74, 6) is 0.816. The molecule has 94 valence electrons. The van der Waals surface area contributed by atoms with E-state index >= 15 is 0 Å². The van der Waals surface area contributed by atoms with E-state index in [4.69, 9.17) is 10.5 Å². The lowest BCUT2D eigenvalue weighted by Crippen LogP contribution is -2.23. The molecule has 2 N–H and O–H groups in total. The Morgan fingerprint density at radius 2 is 1.83 bits per heavy atom. The average molecular weight is 242 g/mol. The van der Waals surface area contributed by atoms with Crippen molar-refractivity contribution in [3.63, 3.8) is 0 Å². The van der Waals surface area contributed by atoms with Crippen LogP contribution in [0.15, 0.2) is 54.6 Å². The van der Waals surface area contributed by atoms with Gasteiger partial charge >= 0.3 is 0 Å². The number of hydrogen-bond acceptors (Lipinski definition) is 3. The van der Waals surface area contributed by atoms with Crippen LogP contribution in [0.1, 0.15) is 0 Å². The van der Waals surface area contributed by atoms with Crippen LogP contribution in [-0.4, -0.2) is 20.2 Å². The molecule has 2 aromatic carbocycles. The second-order valence-corrected chi connectivity index (χ2v) is 4.18. The molecule has 0 atom stereocenters. The molecule has 3 heteroatoms. The topological polar surface area (TPSA) is 38.5 Å². The molecule has 2 rings (SSSR count). The molecule has 0 aromatic heterocycles. The SMILES string of the molecule is CN(CCOc1cccc(N)c1)c1ccccc1. The van der Waals surface area contributed by atoms with Gasteiger partial charge in [-0.25, -0.2) is 0 Å². The minimum absolute atomic E-state index is 0.634. The van der Waals surface area contributed by atoms with E-state index in [2.05, 4.69) is 24.1 Å². The molecule has 0 fully saturated rings. The van der Waals surface area contributed by atoms with Crippen LogP contribution in [0.4, 0.5) is 11.4 Å². The molecule has 0 radical (unpaired) electrons. The Balaban J connectivity index is 1.82. The van der Waals surface area contributed by atoms with Gasteiger partial charge in [-0.3, -0.25) is 0 Å². The number of ether oxygens (including phenoxy) is 1. The van der Waals surface area contributed by atoms with Crippen molar-refractivity contribution in [2.24, 2.45) is 0 Å². The Hall–Kier alpha value is -2.16. The molecule has 0 bridgehead atoms. The Morgan fingerprint density at radius 1 is 1.06 bits per heavy atom. The summed E-state index contributed by atoms with van der Waals surface area (Å²) in [6.45, 7) is 1.47. The predicted molar refractivity (Wildman–Crippen MR) is 76.1 cm³/mol. The largest absolute Gasteiger partial charge is 0.492 e. The standard InChI is InChI=1S/C15H18N2O/c1-17(14-7-3-2-4-8-14)10-11-18-15-9-5-6-13(16)12-15/h2-9,12H,10-11,16H2,1H3. The van der Waals surface area contributed by atoms with Gasteiger partial charge in [-0.1, -0.05) is 24.3 Å². The molecule has 3 nitrogen and oxygen atoms in total. The molecule has 0 saturated heterocycles. The maximum Gasteiger partial charge on any atom is 0.121 e. The van der Waals surface area contributed by atoms with Crippen molar-refractivity contribution in [3.05, 3.63) is 54.6 Å². The number of benzene rings is 2. The average Bonchev–Trinajstić information content (AvgIpc) is 2.40. The van der Waals surface area contributed by atoms with Crippen LogP contribution in [0.25, 0.3) is 0 Å². The molecule has 0 aliphatic carbocycles. The summed E-state index contributed by atoms with van der Waals surface area (Å²) in [6, 6.07) is 17.7. The molecular formula is C15H18N2O. The highest BCUT2D eigenvalue weighted by atomic mass is 16.5. The minimum atomic E-state index is 0.634. The second kappa shape index (κ2) is 5.96. The van der Waals surface area contributed by atoms with E-state index < -0.39 is 0 Å². The van der Waals surface area contributed by atoms with Gasteiger partial charge in [-0.2, -0.15) is 0 Å². The van der Waals surface area contributed by atoms with Gasteiger partial charge in [0.15, 0.2) is 0 Å². The third kappa shape index (κ3) is 3.42. The Kier molecular flexibility index (Phi) is 4.07. The second-order valence-electron chi connectivity index (χ2n) is 4.18. The number of anilines is 2. The summed E-state index contributed by atoms with van der Waals surface area (Å²) >= 11 is 0. The highest BCUT2D eigenvalue weighted by Gasteiger charge is 2.00. The quantitative estimate of drug-likeness (QED) is 0.819. The molecule has 0 aliphatic rings. The van der Waals surface area contributed by atoms with Crippen LogP contribution in [0, 0.1) is 0 Å². The third-order valence-corrected chi connectivity index (χ3v) is 2.75. The van der Waals surface area contributed by atoms with Gasteiger partial charge in [0.1, 0.15) is 12.4 Å². The van der Waals surface area contributed by atoms with Crippen LogP contribution >= 0.6 is 0 Å². The maximum atomic E-state index is 5.69. The summed E-state index contributed by atoms with van der Waals surface area (Å²) in [5.41, 5.74) is 7.61. The fraction of sp³-hybridized carbons (Fsp3) is 0.200. The van der Waals surface area contributed by atoms with Crippen molar-refractivity contribution < 1.29 is 4.74 Å². The van der Waals surface area contributed by atoms with Crippen LogP contribution in [0.3, 0.4) is 0 Å². The molecule has 0 aliphatic heterocycles. The van der Waals surface area contributed by atoms with Crippen molar-refractivity contribution in [1.82, 2.24) is 0 Å². The molecule has 18 heavy (non-hydrogen) atoms. The highest BCUT2D eigenvalue weighted by Crippen LogP contribution is 2.15. The summed E-state index contributed by atoms with van der Waals surface area (Å²) in [5, 5.41) is 0. The zero-order chi connectivity index (χ0) is 12.8. The number of rotatable bonds is 5. The lowest BCUT2D eigenvalue weighted by molar-refractivity contribution is 0.326. The van der Waals surface area contributed by atoms with Crippen LogP contribution < -0.4 is 15.4 Å². The fourth-order valence-electron chi connectivity index (χ4n) is 1.72. The molecule has 2 aromatic rings. The van der Waals surface area contributed by atoms with E-state index in [0.29, 0.717) is 6.61 Å². The highest BCUT2D eigenvalue weighted by molar-refractivity contribution is 5.45. The zero-order valence-corrected chi connectivity index (χ0v) is 10.5. The number of nitrogens with two attached hydrogens (primary N) is 1. The molecule has 0 unspecified atom stereocenters. The van der Waals surface area contributed by atoms with E-state index in [1.165, 1.54) is 5.69 Å². The monoisotopic (exact) mass is 242 g/mol. The van der Waals surface area contributed by atoms with E-state index in [1.54, 1.807) is 0 Å². The van der Waals surface area contributed by atoms with Gasteiger partial charge in [0.05, 0.1) is 6.54 Å². The summed E-state index contributed by atoms with van der Waals surface area (Å²) in [7, 11) is 2.05. The van der Waals surface area contributed by atoms with Gasteiger partial charge in [-0.15, -0.1) is 0 Å². The molecule has 0 spiro atoms. The smallest absolute Gasteiger partial charge is 0.121 e. The van der Waals surface area contributed by atoms with Gasteiger partial charge in [0, 0.05) is 24.5 Å². The number of nitrogen functional groups attached to an aromatic ring is 1. The van der Waals surface area contributed by atoms with Crippen LogP contribution in [0.2, 0.25) is 0 Å². The minimum Gasteiger partial charge on any atom is -0.492 e. The lowest BCUT2D eigenvalue weighted by atomic mass is 10.3. The third-order valence-electron chi connectivity index (χ3n) is 2.75. The molecular weight excluding hydrogens is 224 g/mol. The van der Waals surface area contributed by atoms with E-state index in [1.807, 2.05) is 42.5 Å². The fourth-order valence-corrected chi connectivity index (χ4v) is 1.72. The van der Waals surface area contributed by atoms with Crippen molar-refractivity contribution in [3.8, 4) is 5.75 Å². The van der Waals surface area contributed by atoms with Crippen LogP contribution in [-0.2, 0) is 0 Å². The van der Waals surface area contributed by atoms with E-state index in [9.17, 15) is 0 Å².